The first-order valence-electron chi connectivity index (χ1n) is 6.14. The van der Waals surface area contributed by atoms with Crippen molar-refractivity contribution in [3.63, 3.8) is 0 Å². The van der Waals surface area contributed by atoms with Gasteiger partial charge in [-0.1, -0.05) is 18.7 Å². The van der Waals surface area contributed by atoms with Crippen LogP contribution in [0.15, 0.2) is 52.4 Å². The van der Waals surface area contributed by atoms with E-state index in [1.807, 2.05) is 30.5 Å². The van der Waals surface area contributed by atoms with E-state index in [0.29, 0.717) is 0 Å². The monoisotopic (exact) mass is 337 g/mol. The Balaban J connectivity index is 2.21. The first-order valence-corrected chi connectivity index (χ1v) is 7.81. The lowest BCUT2D eigenvalue weighted by atomic mass is 10.1. The second-order valence-electron chi connectivity index (χ2n) is 4.21. The van der Waals surface area contributed by atoms with E-state index in [0.717, 1.165) is 15.9 Å². The van der Waals surface area contributed by atoms with Crippen molar-refractivity contribution in [1.29, 1.82) is 0 Å². The summed E-state index contributed by atoms with van der Waals surface area (Å²) in [6.07, 6.45) is 6.35. The number of halogens is 1. The normalized spacial score (nSPS) is 14.1. The van der Waals surface area contributed by atoms with Crippen LogP contribution in [-0.2, 0) is 0 Å². The van der Waals surface area contributed by atoms with E-state index < -0.39 is 0 Å². The summed E-state index contributed by atoms with van der Waals surface area (Å²) in [4.78, 5) is 8.46. The summed E-state index contributed by atoms with van der Waals surface area (Å²) in [6, 6.07) is 8.14. The van der Waals surface area contributed by atoms with Crippen LogP contribution in [0, 0.1) is 0 Å². The van der Waals surface area contributed by atoms with Crippen LogP contribution in [0.4, 0.5) is 0 Å². The van der Waals surface area contributed by atoms with Crippen LogP contribution in [0.2, 0.25) is 0 Å². The lowest BCUT2D eigenvalue weighted by Gasteiger charge is -2.22. The maximum Gasteiger partial charge on any atom is 0.0967 e. The van der Waals surface area contributed by atoms with Crippen LogP contribution in [0.5, 0.6) is 0 Å². The van der Waals surface area contributed by atoms with Gasteiger partial charge in [0.05, 0.1) is 10.3 Å². The summed E-state index contributed by atoms with van der Waals surface area (Å²) in [6.45, 7) is 2.11. The lowest BCUT2D eigenvalue weighted by molar-refractivity contribution is 0.633. The van der Waals surface area contributed by atoms with Crippen molar-refractivity contribution in [1.82, 2.24) is 9.97 Å². The van der Waals surface area contributed by atoms with E-state index in [4.69, 9.17) is 5.73 Å². The average Bonchev–Trinajstić information content (AvgIpc) is 2.47. The minimum atomic E-state index is 0.0952. The number of pyridine rings is 2. The molecular formula is C14H16BrN3S. The van der Waals surface area contributed by atoms with Crippen LogP contribution < -0.4 is 5.73 Å². The summed E-state index contributed by atoms with van der Waals surface area (Å²) >= 11 is 5.09. The van der Waals surface area contributed by atoms with Crippen LogP contribution >= 0.6 is 27.7 Å². The molecule has 2 aromatic rings. The van der Waals surface area contributed by atoms with Crippen LogP contribution in [0.1, 0.15) is 24.2 Å². The van der Waals surface area contributed by atoms with E-state index in [2.05, 4.69) is 32.8 Å². The van der Waals surface area contributed by atoms with E-state index >= 15 is 0 Å². The molecule has 0 aliphatic heterocycles. The Morgan fingerprint density at radius 3 is 2.58 bits per heavy atom. The first kappa shape index (κ1) is 14.5. The van der Waals surface area contributed by atoms with E-state index in [1.165, 1.54) is 5.56 Å². The molecule has 0 saturated heterocycles. The van der Waals surface area contributed by atoms with Crippen LogP contribution in [-0.4, -0.2) is 16.0 Å². The molecule has 2 rings (SSSR count). The molecule has 5 heteroatoms. The molecule has 0 bridgehead atoms. The first-order chi connectivity index (χ1) is 9.20. The zero-order valence-corrected chi connectivity index (χ0v) is 13.1. The van der Waals surface area contributed by atoms with Gasteiger partial charge in [0.25, 0.3) is 0 Å². The number of nitrogens with zero attached hydrogens (tertiary/aromatic N) is 2. The molecule has 0 fully saturated rings. The number of rotatable bonds is 5. The van der Waals surface area contributed by atoms with Crippen LogP contribution in [0.3, 0.4) is 0 Å². The molecule has 0 aliphatic carbocycles. The highest BCUT2D eigenvalue weighted by molar-refractivity contribution is 9.10. The lowest BCUT2D eigenvalue weighted by Crippen LogP contribution is -2.25. The van der Waals surface area contributed by atoms with Gasteiger partial charge in [-0.05, 0) is 52.2 Å². The largest absolute Gasteiger partial charge is 0.326 e. The minimum absolute atomic E-state index is 0.0952. The summed E-state index contributed by atoms with van der Waals surface area (Å²) in [5, 5.41) is 1.18. The molecule has 0 spiro atoms. The Hall–Kier alpha value is -0.910. The Kier molecular flexibility index (Phi) is 5.36. The van der Waals surface area contributed by atoms with Gasteiger partial charge in [-0.15, -0.1) is 0 Å². The third kappa shape index (κ3) is 4.03. The van der Waals surface area contributed by atoms with Gasteiger partial charge in [0.2, 0.25) is 0 Å². The standard InChI is InChI=1S/C14H16BrN3S/c1-2-12(16)14(10-5-7-17-8-6-10)19-13-4-3-11(15)9-18-13/h3-9,12,14H,2,16H2,1H3. The maximum absolute atomic E-state index is 6.25. The highest BCUT2D eigenvalue weighted by Crippen LogP contribution is 2.37. The van der Waals surface area contributed by atoms with E-state index in [9.17, 15) is 0 Å². The molecule has 2 N–H and O–H groups in total. The smallest absolute Gasteiger partial charge is 0.0967 e. The van der Waals surface area contributed by atoms with Crippen LogP contribution in [0.25, 0.3) is 0 Å². The van der Waals surface area contributed by atoms with Gasteiger partial charge in [-0.3, -0.25) is 4.98 Å². The molecule has 3 nitrogen and oxygen atoms in total. The van der Waals surface area contributed by atoms with E-state index in [-0.39, 0.29) is 11.3 Å². The quantitative estimate of drug-likeness (QED) is 0.843. The fraction of sp³-hybridized carbons (Fsp3) is 0.286. The Bertz CT molecular complexity index is 504. The molecule has 2 heterocycles. The topological polar surface area (TPSA) is 51.8 Å². The maximum atomic E-state index is 6.25. The molecule has 0 saturated carbocycles. The van der Waals surface area contributed by atoms with Gasteiger partial charge in [0, 0.05) is 29.1 Å². The van der Waals surface area contributed by atoms with Crippen molar-refractivity contribution in [3.8, 4) is 0 Å². The zero-order chi connectivity index (χ0) is 13.7. The minimum Gasteiger partial charge on any atom is -0.326 e. The molecule has 0 aromatic carbocycles. The average molecular weight is 338 g/mol. The second kappa shape index (κ2) is 7.03. The van der Waals surface area contributed by atoms with Gasteiger partial charge in [-0.2, -0.15) is 0 Å². The molecule has 19 heavy (non-hydrogen) atoms. The number of hydrogen-bond acceptors (Lipinski definition) is 4. The van der Waals surface area contributed by atoms with Crippen molar-refractivity contribution < 1.29 is 0 Å². The van der Waals surface area contributed by atoms with Gasteiger partial charge in [0.1, 0.15) is 0 Å². The number of thioether (sulfide) groups is 1. The predicted octanol–water partition coefficient (Wildman–Crippen LogP) is 3.81. The fourth-order valence-corrected chi connectivity index (χ4v) is 3.15. The van der Waals surface area contributed by atoms with E-state index in [1.54, 1.807) is 24.2 Å². The summed E-state index contributed by atoms with van der Waals surface area (Å²) in [7, 11) is 0. The summed E-state index contributed by atoms with van der Waals surface area (Å²) in [5.74, 6) is 0. The predicted molar refractivity (Wildman–Crippen MR) is 83.0 cm³/mol. The third-order valence-corrected chi connectivity index (χ3v) is 4.67. The molecule has 0 radical (unpaired) electrons. The molecule has 2 aromatic heterocycles. The fourth-order valence-electron chi connectivity index (χ4n) is 1.73. The Labute approximate surface area is 126 Å². The van der Waals surface area contributed by atoms with Crippen molar-refractivity contribution in [2.45, 2.75) is 29.7 Å². The molecule has 2 unspecified atom stereocenters. The molecule has 2 atom stereocenters. The second-order valence-corrected chi connectivity index (χ2v) is 6.28. The molecule has 0 amide bonds. The van der Waals surface area contributed by atoms with Gasteiger partial charge >= 0.3 is 0 Å². The van der Waals surface area contributed by atoms with Crippen molar-refractivity contribution >= 4 is 27.7 Å². The zero-order valence-electron chi connectivity index (χ0n) is 10.7. The SMILES string of the molecule is CCC(N)C(Sc1ccc(Br)cn1)c1ccncc1. The molecule has 0 aliphatic rings. The Morgan fingerprint density at radius 2 is 2.00 bits per heavy atom. The highest BCUT2D eigenvalue weighted by Gasteiger charge is 2.20. The number of nitrogens with two attached hydrogens (primary N) is 1. The van der Waals surface area contributed by atoms with Crippen molar-refractivity contribution in [3.05, 3.63) is 52.9 Å². The number of hydrogen-bond donors (Lipinski definition) is 1. The van der Waals surface area contributed by atoms with Crippen molar-refractivity contribution in [2.75, 3.05) is 0 Å². The highest BCUT2D eigenvalue weighted by atomic mass is 79.9. The Morgan fingerprint density at radius 1 is 1.26 bits per heavy atom. The van der Waals surface area contributed by atoms with Gasteiger partial charge in [0.15, 0.2) is 0 Å². The third-order valence-electron chi connectivity index (χ3n) is 2.84. The van der Waals surface area contributed by atoms with Crippen molar-refractivity contribution in [2.24, 2.45) is 5.73 Å². The number of aromatic nitrogens is 2. The summed E-state index contributed by atoms with van der Waals surface area (Å²) in [5.41, 5.74) is 7.44. The van der Waals surface area contributed by atoms with Gasteiger partial charge in [-0.25, -0.2) is 4.98 Å². The summed E-state index contributed by atoms with van der Waals surface area (Å²) < 4.78 is 0.983. The molecule has 100 valence electrons. The van der Waals surface area contributed by atoms with Gasteiger partial charge < -0.3 is 5.73 Å². The molecular weight excluding hydrogens is 322 g/mol.